The number of benzene rings is 2. The van der Waals surface area contributed by atoms with E-state index < -0.39 is 15.9 Å². The molecule has 0 aliphatic rings. The van der Waals surface area contributed by atoms with E-state index in [2.05, 4.69) is 5.32 Å². The second-order valence-corrected chi connectivity index (χ2v) is 8.98. The lowest BCUT2D eigenvalue weighted by atomic mass is 10.1. The number of carbonyl (C=O) groups is 1. The molecule has 0 aliphatic heterocycles. The minimum absolute atomic E-state index is 0.0455. The Hall–Kier alpha value is -2.81. The molecule has 31 heavy (non-hydrogen) atoms. The molecule has 2 aromatic carbocycles. The third kappa shape index (κ3) is 6.33. The van der Waals surface area contributed by atoms with E-state index in [0.717, 1.165) is 12.5 Å². The molecule has 0 heterocycles. The van der Waals surface area contributed by atoms with Gasteiger partial charge in [0.2, 0.25) is 0 Å². The van der Waals surface area contributed by atoms with Gasteiger partial charge in [0.25, 0.3) is 0 Å². The van der Waals surface area contributed by atoms with Crippen LogP contribution in [0.3, 0.4) is 0 Å². The number of carbonyl (C=O) groups excluding carboxylic acids is 1. The van der Waals surface area contributed by atoms with Crippen LogP contribution in [0.5, 0.6) is 11.5 Å². The Morgan fingerprint density at radius 3 is 2.39 bits per heavy atom. The van der Waals surface area contributed by atoms with Crippen molar-refractivity contribution < 1.29 is 26.5 Å². The number of hydrogen-bond donors (Lipinski definition) is 1. The van der Waals surface area contributed by atoms with Gasteiger partial charge in [0.1, 0.15) is 10.6 Å². The fraction of sp³-hybridized carbons (Fsp3) is 0.409. The molecular formula is C22H29FN2O5S. The topological polar surface area (TPSA) is 84.9 Å². The predicted molar refractivity (Wildman–Crippen MR) is 116 cm³/mol. The molecule has 0 aromatic heterocycles. The van der Waals surface area contributed by atoms with Crippen LogP contribution in [0.2, 0.25) is 0 Å². The maximum absolute atomic E-state index is 14.0. The smallest absolute Gasteiger partial charge is 0.339 e. The summed E-state index contributed by atoms with van der Waals surface area (Å²) in [5, 5.41) is 2.86. The standard InChI is InChI=1S/C22H29FN2O5S/c1-6-16(4)25(22(26)24-15(2)3)14-17-9-7-8-10-20(17)30-31(27,28)18-11-12-21(29-5)19(23)13-18/h7-13,15-16H,6,14H2,1-5H3,(H,24,26)/t16-/m1/s1. The molecule has 0 saturated heterocycles. The molecule has 1 atom stereocenters. The summed E-state index contributed by atoms with van der Waals surface area (Å²) in [6, 6.07) is 9.45. The molecule has 0 fully saturated rings. The van der Waals surface area contributed by atoms with Gasteiger partial charge < -0.3 is 19.1 Å². The van der Waals surface area contributed by atoms with E-state index in [1.165, 1.54) is 25.3 Å². The van der Waals surface area contributed by atoms with Gasteiger partial charge in [-0.05, 0) is 51.5 Å². The number of methoxy groups -OCH3 is 1. The molecule has 1 N–H and O–H groups in total. The van der Waals surface area contributed by atoms with Crippen molar-refractivity contribution in [2.24, 2.45) is 0 Å². The molecule has 2 rings (SSSR count). The van der Waals surface area contributed by atoms with Crippen molar-refractivity contribution in [1.82, 2.24) is 10.2 Å². The largest absolute Gasteiger partial charge is 0.494 e. The van der Waals surface area contributed by atoms with Crippen LogP contribution in [0.25, 0.3) is 0 Å². The minimum Gasteiger partial charge on any atom is -0.494 e. The molecule has 0 aliphatic carbocycles. The Kier molecular flexibility index (Phi) is 8.27. The molecule has 0 saturated carbocycles. The summed E-state index contributed by atoms with van der Waals surface area (Å²) in [4.78, 5) is 14.0. The van der Waals surface area contributed by atoms with Crippen molar-refractivity contribution in [2.75, 3.05) is 7.11 Å². The zero-order valence-corrected chi connectivity index (χ0v) is 19.2. The van der Waals surface area contributed by atoms with Gasteiger partial charge in [-0.25, -0.2) is 9.18 Å². The Labute approximate surface area is 183 Å². The van der Waals surface area contributed by atoms with Crippen molar-refractivity contribution in [2.45, 2.75) is 57.6 Å². The summed E-state index contributed by atoms with van der Waals surface area (Å²) in [5.74, 6) is -0.808. The zero-order valence-electron chi connectivity index (χ0n) is 18.4. The number of urea groups is 1. The third-order valence-corrected chi connectivity index (χ3v) is 5.95. The number of hydrogen-bond acceptors (Lipinski definition) is 5. The van der Waals surface area contributed by atoms with Crippen LogP contribution in [0.15, 0.2) is 47.4 Å². The second-order valence-electron chi connectivity index (χ2n) is 7.43. The van der Waals surface area contributed by atoms with Crippen molar-refractivity contribution in [3.05, 3.63) is 53.8 Å². The number of nitrogens with zero attached hydrogens (tertiary/aromatic N) is 1. The van der Waals surface area contributed by atoms with Gasteiger partial charge in [-0.2, -0.15) is 8.42 Å². The van der Waals surface area contributed by atoms with E-state index in [4.69, 9.17) is 8.92 Å². The normalized spacial score (nSPS) is 12.4. The van der Waals surface area contributed by atoms with E-state index in [9.17, 15) is 17.6 Å². The SMILES string of the molecule is CC[C@@H](C)N(Cc1ccccc1OS(=O)(=O)c1ccc(OC)c(F)c1)C(=O)NC(C)C. The Morgan fingerprint density at radius 2 is 1.81 bits per heavy atom. The summed E-state index contributed by atoms with van der Waals surface area (Å²) in [6.07, 6.45) is 0.720. The Bertz CT molecular complexity index is 1010. The average Bonchev–Trinajstić information content (AvgIpc) is 2.71. The van der Waals surface area contributed by atoms with Crippen molar-refractivity contribution in [1.29, 1.82) is 0 Å². The van der Waals surface area contributed by atoms with Crippen molar-refractivity contribution in [3.8, 4) is 11.5 Å². The molecule has 0 spiro atoms. The summed E-state index contributed by atoms with van der Waals surface area (Å²) in [7, 11) is -3.01. The van der Waals surface area contributed by atoms with E-state index in [1.54, 1.807) is 23.1 Å². The van der Waals surface area contributed by atoms with Gasteiger partial charge in [-0.1, -0.05) is 25.1 Å². The fourth-order valence-electron chi connectivity index (χ4n) is 2.85. The van der Waals surface area contributed by atoms with E-state index in [-0.39, 0.29) is 41.1 Å². The third-order valence-electron chi connectivity index (χ3n) is 4.72. The predicted octanol–water partition coefficient (Wildman–Crippen LogP) is 4.32. The summed E-state index contributed by atoms with van der Waals surface area (Å²) >= 11 is 0. The van der Waals surface area contributed by atoms with Gasteiger partial charge in [-0.15, -0.1) is 0 Å². The Balaban J connectivity index is 2.34. The average molecular weight is 453 g/mol. The summed E-state index contributed by atoms with van der Waals surface area (Å²) in [6.45, 7) is 7.76. The first-order valence-corrected chi connectivity index (χ1v) is 11.4. The number of amides is 2. The molecule has 0 unspecified atom stereocenters. The molecule has 0 bridgehead atoms. The van der Waals surface area contributed by atoms with Gasteiger partial charge in [0.15, 0.2) is 11.6 Å². The van der Waals surface area contributed by atoms with Crippen molar-refractivity contribution >= 4 is 16.1 Å². The van der Waals surface area contributed by atoms with Crippen LogP contribution >= 0.6 is 0 Å². The van der Waals surface area contributed by atoms with Crippen LogP contribution in [-0.2, 0) is 16.7 Å². The van der Waals surface area contributed by atoms with E-state index >= 15 is 0 Å². The maximum atomic E-state index is 14.0. The molecule has 2 amide bonds. The van der Waals surface area contributed by atoms with Crippen LogP contribution in [0, 0.1) is 5.82 Å². The molecule has 0 radical (unpaired) electrons. The molecule has 9 heteroatoms. The number of halogens is 1. The summed E-state index contributed by atoms with van der Waals surface area (Å²) in [5.41, 5.74) is 0.513. The van der Waals surface area contributed by atoms with E-state index in [1.807, 2.05) is 27.7 Å². The second kappa shape index (κ2) is 10.5. The lowest BCUT2D eigenvalue weighted by Crippen LogP contribution is -2.46. The highest BCUT2D eigenvalue weighted by molar-refractivity contribution is 7.87. The highest BCUT2D eigenvalue weighted by Gasteiger charge is 2.24. The molecule has 7 nitrogen and oxygen atoms in total. The van der Waals surface area contributed by atoms with Gasteiger partial charge >= 0.3 is 16.1 Å². The van der Waals surface area contributed by atoms with Crippen LogP contribution in [-0.4, -0.2) is 38.5 Å². The fourth-order valence-corrected chi connectivity index (χ4v) is 3.82. The van der Waals surface area contributed by atoms with Crippen LogP contribution in [0.4, 0.5) is 9.18 Å². The van der Waals surface area contributed by atoms with Gasteiger partial charge in [0.05, 0.1) is 13.7 Å². The quantitative estimate of drug-likeness (QED) is 0.573. The lowest BCUT2D eigenvalue weighted by Gasteiger charge is -2.30. The number of ether oxygens (including phenoxy) is 1. The number of rotatable bonds is 9. The Morgan fingerprint density at radius 1 is 1.13 bits per heavy atom. The monoisotopic (exact) mass is 452 g/mol. The van der Waals surface area contributed by atoms with Crippen molar-refractivity contribution in [3.63, 3.8) is 0 Å². The van der Waals surface area contributed by atoms with Gasteiger partial charge in [-0.3, -0.25) is 0 Å². The first-order chi connectivity index (χ1) is 14.6. The lowest BCUT2D eigenvalue weighted by molar-refractivity contribution is 0.170. The minimum atomic E-state index is -4.30. The van der Waals surface area contributed by atoms with Gasteiger partial charge in [0, 0.05) is 17.6 Å². The van der Waals surface area contributed by atoms with Crippen LogP contribution < -0.4 is 14.2 Å². The van der Waals surface area contributed by atoms with E-state index in [0.29, 0.717) is 5.56 Å². The first kappa shape index (κ1) is 24.5. The molecular weight excluding hydrogens is 423 g/mol. The maximum Gasteiger partial charge on any atom is 0.339 e. The molecule has 2 aromatic rings. The molecule has 170 valence electrons. The highest BCUT2D eigenvalue weighted by atomic mass is 32.2. The highest BCUT2D eigenvalue weighted by Crippen LogP contribution is 2.27. The number of nitrogens with one attached hydrogen (secondary N) is 1. The number of para-hydroxylation sites is 1. The zero-order chi connectivity index (χ0) is 23.2. The summed E-state index contributed by atoms with van der Waals surface area (Å²) < 4.78 is 49.6. The first-order valence-electron chi connectivity index (χ1n) is 10.0. The van der Waals surface area contributed by atoms with Crippen LogP contribution in [0.1, 0.15) is 39.7 Å².